The smallest absolute Gasteiger partial charge is 0.295 e. The van der Waals surface area contributed by atoms with Crippen LogP contribution in [0.1, 0.15) is 22.7 Å². The summed E-state index contributed by atoms with van der Waals surface area (Å²) in [7, 11) is 0. The second-order valence-electron chi connectivity index (χ2n) is 9.20. The van der Waals surface area contributed by atoms with E-state index >= 15 is 0 Å². The molecule has 2 fully saturated rings. The highest BCUT2D eigenvalue weighted by Crippen LogP contribution is 2.40. The Morgan fingerprint density at radius 1 is 1.03 bits per heavy atom. The molecule has 8 heteroatoms. The lowest BCUT2D eigenvalue weighted by molar-refractivity contribution is -0.140. The first-order valence-corrected chi connectivity index (χ1v) is 12.7. The molecule has 2 saturated heterocycles. The van der Waals surface area contributed by atoms with Crippen molar-refractivity contribution < 1.29 is 28.9 Å². The van der Waals surface area contributed by atoms with Gasteiger partial charge in [0.1, 0.15) is 30.5 Å². The first-order valence-electron chi connectivity index (χ1n) is 12.7. The van der Waals surface area contributed by atoms with Crippen molar-refractivity contribution >= 4 is 17.4 Å². The van der Waals surface area contributed by atoms with Gasteiger partial charge in [-0.2, -0.15) is 0 Å². The van der Waals surface area contributed by atoms with Crippen molar-refractivity contribution in [1.82, 2.24) is 9.80 Å². The molecular weight excluding hydrogens is 484 g/mol. The highest BCUT2D eigenvalue weighted by atomic mass is 16.5. The summed E-state index contributed by atoms with van der Waals surface area (Å²) in [6.07, 6.45) is 3.31. The number of hydrogen-bond acceptors (Lipinski definition) is 7. The molecular formula is C30H34N2O6. The lowest BCUT2D eigenvalue weighted by Crippen LogP contribution is -2.42. The molecule has 2 aliphatic rings. The zero-order valence-electron chi connectivity index (χ0n) is 21.7. The lowest BCUT2D eigenvalue weighted by Gasteiger charge is -2.31. The molecule has 1 amide bonds. The van der Waals surface area contributed by atoms with Crippen LogP contribution < -0.4 is 9.47 Å². The van der Waals surface area contributed by atoms with E-state index in [-0.39, 0.29) is 11.3 Å². The number of morpholine rings is 1. The molecule has 4 rings (SSSR count). The van der Waals surface area contributed by atoms with E-state index in [0.29, 0.717) is 62.1 Å². The summed E-state index contributed by atoms with van der Waals surface area (Å²) in [5, 5.41) is 11.4. The molecule has 2 aromatic carbocycles. The third-order valence-corrected chi connectivity index (χ3v) is 6.67. The number of benzene rings is 2. The van der Waals surface area contributed by atoms with Crippen LogP contribution in [0.15, 0.2) is 73.3 Å². The Hall–Kier alpha value is -3.88. The van der Waals surface area contributed by atoms with Gasteiger partial charge >= 0.3 is 0 Å². The molecule has 2 aromatic rings. The fraction of sp³-hybridized carbons (Fsp3) is 0.333. The number of rotatable bonds is 11. The monoisotopic (exact) mass is 518 g/mol. The van der Waals surface area contributed by atoms with E-state index in [9.17, 15) is 14.7 Å². The summed E-state index contributed by atoms with van der Waals surface area (Å²) in [4.78, 5) is 30.4. The molecule has 0 saturated carbocycles. The molecule has 0 bridgehead atoms. The molecule has 0 spiro atoms. The molecule has 2 aliphatic heterocycles. The number of carbonyl (C=O) groups is 2. The third-order valence-electron chi connectivity index (χ3n) is 6.67. The summed E-state index contributed by atoms with van der Waals surface area (Å²) in [5.74, 6) is -0.248. The average Bonchev–Trinajstić information content (AvgIpc) is 3.19. The summed E-state index contributed by atoms with van der Waals surface area (Å²) in [6, 6.07) is 11.7. The van der Waals surface area contributed by atoms with Gasteiger partial charge in [-0.3, -0.25) is 14.5 Å². The van der Waals surface area contributed by atoms with Crippen LogP contribution in [0.2, 0.25) is 0 Å². The minimum atomic E-state index is -0.735. The van der Waals surface area contributed by atoms with Gasteiger partial charge in [0.25, 0.3) is 11.7 Å². The Kier molecular flexibility index (Phi) is 8.99. The molecule has 200 valence electrons. The zero-order chi connectivity index (χ0) is 27.1. The lowest BCUT2D eigenvalue weighted by atomic mass is 9.94. The van der Waals surface area contributed by atoms with E-state index in [1.165, 1.54) is 0 Å². The fourth-order valence-corrected chi connectivity index (χ4v) is 4.70. The molecule has 1 N–H and O–H groups in total. The Labute approximate surface area is 223 Å². The standard InChI is InChI=1S/C30H34N2O6/c1-4-16-37-24-9-6-22(7-10-24)27-26(28(33)23-8-11-25(21(3)20-23)38-17-5-2)29(34)30(35)32(27)13-12-31-14-18-36-19-15-31/h4-11,20,27,33H,1-2,12-19H2,3H3. The first kappa shape index (κ1) is 27.2. The van der Waals surface area contributed by atoms with Crippen molar-refractivity contribution in [2.75, 3.05) is 52.6 Å². The number of aliphatic hydroxyl groups is 1. The molecule has 0 aliphatic carbocycles. The predicted molar refractivity (Wildman–Crippen MR) is 145 cm³/mol. The molecule has 8 nitrogen and oxygen atoms in total. The van der Waals surface area contributed by atoms with E-state index in [0.717, 1.165) is 18.7 Å². The highest BCUT2D eigenvalue weighted by Gasteiger charge is 2.46. The number of carbonyl (C=O) groups excluding carboxylic acids is 2. The minimum absolute atomic E-state index is 0.0656. The number of ether oxygens (including phenoxy) is 3. The van der Waals surface area contributed by atoms with Crippen LogP contribution in [0.5, 0.6) is 11.5 Å². The Balaban J connectivity index is 1.71. The van der Waals surface area contributed by atoms with Crippen LogP contribution in [0, 0.1) is 6.92 Å². The Morgan fingerprint density at radius 3 is 2.37 bits per heavy atom. The molecule has 0 radical (unpaired) electrons. The van der Waals surface area contributed by atoms with Crippen LogP contribution in [-0.4, -0.2) is 79.2 Å². The maximum atomic E-state index is 13.4. The maximum absolute atomic E-state index is 13.4. The van der Waals surface area contributed by atoms with Crippen molar-refractivity contribution in [2.24, 2.45) is 0 Å². The van der Waals surface area contributed by atoms with E-state index in [2.05, 4.69) is 18.1 Å². The third kappa shape index (κ3) is 5.98. The Morgan fingerprint density at radius 2 is 1.71 bits per heavy atom. The summed E-state index contributed by atoms with van der Waals surface area (Å²) >= 11 is 0. The topological polar surface area (TPSA) is 88.5 Å². The van der Waals surface area contributed by atoms with Gasteiger partial charge in [0.05, 0.1) is 24.8 Å². The summed E-state index contributed by atoms with van der Waals surface area (Å²) < 4.78 is 16.7. The summed E-state index contributed by atoms with van der Waals surface area (Å²) in [6.45, 7) is 13.7. The number of nitrogens with zero attached hydrogens (tertiary/aromatic N) is 2. The van der Waals surface area contributed by atoms with Gasteiger partial charge in [0, 0.05) is 31.7 Å². The second kappa shape index (κ2) is 12.6. The zero-order valence-corrected chi connectivity index (χ0v) is 21.7. The van der Waals surface area contributed by atoms with Crippen molar-refractivity contribution in [3.8, 4) is 11.5 Å². The quantitative estimate of drug-likeness (QED) is 0.209. The van der Waals surface area contributed by atoms with Crippen LogP contribution >= 0.6 is 0 Å². The van der Waals surface area contributed by atoms with Crippen LogP contribution in [0.25, 0.3) is 5.76 Å². The van der Waals surface area contributed by atoms with Crippen molar-refractivity contribution in [1.29, 1.82) is 0 Å². The molecule has 1 atom stereocenters. The molecule has 1 unspecified atom stereocenters. The van der Waals surface area contributed by atoms with Crippen molar-refractivity contribution in [3.63, 3.8) is 0 Å². The van der Waals surface area contributed by atoms with E-state index in [1.807, 2.05) is 19.1 Å². The second-order valence-corrected chi connectivity index (χ2v) is 9.20. The number of likely N-dealkylation sites (tertiary alicyclic amines) is 1. The van der Waals surface area contributed by atoms with E-state index < -0.39 is 17.7 Å². The predicted octanol–water partition coefficient (Wildman–Crippen LogP) is 3.88. The van der Waals surface area contributed by atoms with E-state index in [4.69, 9.17) is 14.2 Å². The molecule has 2 heterocycles. The largest absolute Gasteiger partial charge is 0.507 e. The number of hydrogen-bond donors (Lipinski definition) is 1. The first-order chi connectivity index (χ1) is 18.4. The normalized spacial score (nSPS) is 19.4. The van der Waals surface area contributed by atoms with Gasteiger partial charge < -0.3 is 24.2 Å². The summed E-state index contributed by atoms with van der Waals surface area (Å²) in [5.41, 5.74) is 2.01. The number of aliphatic hydroxyl groups excluding tert-OH is 1. The minimum Gasteiger partial charge on any atom is -0.507 e. The highest BCUT2D eigenvalue weighted by molar-refractivity contribution is 6.46. The van der Waals surface area contributed by atoms with Crippen LogP contribution in [0.3, 0.4) is 0 Å². The Bertz CT molecular complexity index is 1210. The SMILES string of the molecule is C=CCOc1ccc(C2C(=C(O)c3ccc(OCC=C)c(C)c3)C(=O)C(=O)N2CCN2CCOCC2)cc1. The van der Waals surface area contributed by atoms with Gasteiger partial charge in [-0.1, -0.05) is 37.4 Å². The van der Waals surface area contributed by atoms with Crippen molar-refractivity contribution in [2.45, 2.75) is 13.0 Å². The van der Waals surface area contributed by atoms with Gasteiger partial charge in [0.2, 0.25) is 0 Å². The number of Topliss-reactive ketones (excluding diaryl/α,β-unsaturated/α-hetero) is 1. The number of aryl methyl sites for hydroxylation is 1. The van der Waals surface area contributed by atoms with Crippen molar-refractivity contribution in [3.05, 3.63) is 90.0 Å². The average molecular weight is 519 g/mol. The van der Waals surface area contributed by atoms with Gasteiger partial charge in [-0.25, -0.2) is 0 Å². The molecule has 38 heavy (non-hydrogen) atoms. The van der Waals surface area contributed by atoms with Gasteiger partial charge in [-0.15, -0.1) is 0 Å². The van der Waals surface area contributed by atoms with E-state index in [1.54, 1.807) is 47.4 Å². The molecule has 0 aromatic heterocycles. The van der Waals surface area contributed by atoms with Gasteiger partial charge in [0.15, 0.2) is 0 Å². The fourth-order valence-electron chi connectivity index (χ4n) is 4.70. The number of amides is 1. The van der Waals surface area contributed by atoms with Gasteiger partial charge in [-0.05, 0) is 48.4 Å². The maximum Gasteiger partial charge on any atom is 0.295 e. The number of ketones is 1. The van der Waals surface area contributed by atoms with Crippen LogP contribution in [-0.2, 0) is 14.3 Å². The van der Waals surface area contributed by atoms with Crippen LogP contribution in [0.4, 0.5) is 0 Å².